The predicted octanol–water partition coefficient (Wildman–Crippen LogP) is 4.46. The maximum atomic E-state index is 13.5. The zero-order valence-corrected chi connectivity index (χ0v) is 14.7. The molecule has 26 heavy (non-hydrogen) atoms. The highest BCUT2D eigenvalue weighted by molar-refractivity contribution is 7.99. The molecule has 4 nitrogen and oxygen atoms in total. The normalized spacial score (nSPS) is 10.6. The molecule has 0 bridgehead atoms. The van der Waals surface area contributed by atoms with Gasteiger partial charge in [0.25, 0.3) is 0 Å². The van der Waals surface area contributed by atoms with E-state index in [0.29, 0.717) is 5.03 Å². The molecule has 0 aliphatic rings. The molecule has 0 unspecified atom stereocenters. The molecule has 7 heteroatoms. The van der Waals surface area contributed by atoms with Crippen molar-refractivity contribution in [3.05, 3.63) is 71.8 Å². The highest BCUT2D eigenvalue weighted by atomic mass is 32.2. The van der Waals surface area contributed by atoms with E-state index in [1.165, 1.54) is 17.8 Å². The Morgan fingerprint density at radius 2 is 1.88 bits per heavy atom. The summed E-state index contributed by atoms with van der Waals surface area (Å²) in [4.78, 5) is 11.9. The van der Waals surface area contributed by atoms with Gasteiger partial charge in [-0.1, -0.05) is 36.0 Å². The molecule has 1 heterocycles. The third-order valence-electron chi connectivity index (χ3n) is 3.62. The van der Waals surface area contributed by atoms with Gasteiger partial charge in [-0.15, -0.1) is 10.2 Å². The second-order valence-corrected chi connectivity index (χ2v) is 6.53. The summed E-state index contributed by atoms with van der Waals surface area (Å²) < 4.78 is 26.4. The second-order valence-electron chi connectivity index (χ2n) is 5.53. The summed E-state index contributed by atoms with van der Waals surface area (Å²) in [6, 6.07) is 14.5. The molecule has 3 aromatic rings. The number of aromatic nitrogens is 2. The number of carbonyl (C=O) groups is 1. The monoisotopic (exact) mass is 371 g/mol. The third kappa shape index (κ3) is 4.43. The van der Waals surface area contributed by atoms with Gasteiger partial charge in [-0.2, -0.15) is 0 Å². The number of thioether (sulfide) groups is 1. The number of halogens is 2. The van der Waals surface area contributed by atoms with Gasteiger partial charge in [0.1, 0.15) is 16.7 Å². The van der Waals surface area contributed by atoms with Gasteiger partial charge in [0.2, 0.25) is 5.91 Å². The Balaban J connectivity index is 1.59. The fourth-order valence-electron chi connectivity index (χ4n) is 2.32. The van der Waals surface area contributed by atoms with E-state index in [9.17, 15) is 13.6 Å². The van der Waals surface area contributed by atoms with Gasteiger partial charge in [0, 0.05) is 11.6 Å². The number of nitrogens with zero attached hydrogens (tertiary/aromatic N) is 2. The van der Waals surface area contributed by atoms with Gasteiger partial charge in [0.15, 0.2) is 0 Å². The number of benzene rings is 2. The molecule has 132 valence electrons. The van der Waals surface area contributed by atoms with E-state index < -0.39 is 17.5 Å². The Bertz CT molecular complexity index is 932. The summed E-state index contributed by atoms with van der Waals surface area (Å²) in [6.07, 6.45) is 0. The van der Waals surface area contributed by atoms with Crippen molar-refractivity contribution in [2.24, 2.45) is 0 Å². The quantitative estimate of drug-likeness (QED) is 0.673. The van der Waals surface area contributed by atoms with Crippen LogP contribution in [-0.2, 0) is 4.79 Å². The second kappa shape index (κ2) is 8.05. The van der Waals surface area contributed by atoms with Gasteiger partial charge in [0.05, 0.1) is 17.1 Å². The number of anilines is 1. The summed E-state index contributed by atoms with van der Waals surface area (Å²) in [5.74, 6) is -1.88. The Hall–Kier alpha value is -2.80. The topological polar surface area (TPSA) is 54.9 Å². The Kier molecular flexibility index (Phi) is 5.58. The van der Waals surface area contributed by atoms with E-state index in [1.807, 2.05) is 37.3 Å². The van der Waals surface area contributed by atoms with Gasteiger partial charge in [-0.05, 0) is 36.8 Å². The first-order chi connectivity index (χ1) is 12.5. The molecule has 1 aromatic heterocycles. The van der Waals surface area contributed by atoms with Crippen LogP contribution in [0, 0.1) is 18.6 Å². The molecule has 0 atom stereocenters. The minimum absolute atomic E-state index is 0.0369. The summed E-state index contributed by atoms with van der Waals surface area (Å²) in [7, 11) is 0. The Morgan fingerprint density at radius 3 is 2.58 bits per heavy atom. The number of aryl methyl sites for hydroxylation is 1. The fraction of sp³-hybridized carbons (Fsp3) is 0.105. The Morgan fingerprint density at radius 1 is 1.08 bits per heavy atom. The van der Waals surface area contributed by atoms with E-state index in [1.54, 1.807) is 6.07 Å². The molecular weight excluding hydrogens is 356 g/mol. The lowest BCUT2D eigenvalue weighted by molar-refractivity contribution is -0.113. The maximum absolute atomic E-state index is 13.5. The third-order valence-corrected chi connectivity index (χ3v) is 4.54. The zero-order valence-electron chi connectivity index (χ0n) is 13.9. The largest absolute Gasteiger partial charge is 0.323 e. The van der Waals surface area contributed by atoms with Crippen molar-refractivity contribution in [3.8, 4) is 11.3 Å². The fourth-order valence-corrected chi connectivity index (χ4v) is 2.93. The highest BCUT2D eigenvalue weighted by Gasteiger charge is 2.10. The van der Waals surface area contributed by atoms with Gasteiger partial charge >= 0.3 is 0 Å². The van der Waals surface area contributed by atoms with Gasteiger partial charge < -0.3 is 5.32 Å². The van der Waals surface area contributed by atoms with Crippen molar-refractivity contribution in [3.63, 3.8) is 0 Å². The number of amides is 1. The lowest BCUT2D eigenvalue weighted by Gasteiger charge is -2.07. The maximum Gasteiger partial charge on any atom is 0.234 e. The molecule has 0 saturated heterocycles. The molecule has 0 spiro atoms. The molecule has 1 amide bonds. The minimum atomic E-state index is -0.814. The molecule has 0 fully saturated rings. The van der Waals surface area contributed by atoms with Crippen LogP contribution in [0.25, 0.3) is 11.3 Å². The van der Waals surface area contributed by atoms with Crippen LogP contribution in [0.5, 0.6) is 0 Å². The van der Waals surface area contributed by atoms with Crippen LogP contribution >= 0.6 is 11.8 Å². The highest BCUT2D eigenvalue weighted by Crippen LogP contribution is 2.23. The summed E-state index contributed by atoms with van der Waals surface area (Å²) in [5, 5.41) is 11.3. The van der Waals surface area contributed by atoms with Crippen LogP contribution in [0.2, 0.25) is 0 Å². The van der Waals surface area contributed by atoms with Gasteiger partial charge in [-0.25, -0.2) is 8.78 Å². The van der Waals surface area contributed by atoms with E-state index in [-0.39, 0.29) is 11.4 Å². The van der Waals surface area contributed by atoms with E-state index in [2.05, 4.69) is 15.5 Å². The molecular formula is C19H15F2N3OS. The van der Waals surface area contributed by atoms with Crippen molar-refractivity contribution in [2.45, 2.75) is 11.9 Å². The van der Waals surface area contributed by atoms with Crippen LogP contribution in [0.15, 0.2) is 59.6 Å². The molecule has 0 aliphatic heterocycles. The average molecular weight is 371 g/mol. The van der Waals surface area contributed by atoms with Crippen molar-refractivity contribution < 1.29 is 13.6 Å². The van der Waals surface area contributed by atoms with Gasteiger partial charge in [-0.3, -0.25) is 4.79 Å². The minimum Gasteiger partial charge on any atom is -0.323 e. The van der Waals surface area contributed by atoms with Crippen LogP contribution in [-0.4, -0.2) is 21.9 Å². The standard InChI is InChI=1S/C19H15F2N3OS/c1-12-4-2-3-5-14(12)16-8-9-19(24-23-16)26-11-18(25)22-17-7-6-13(20)10-15(17)21/h2-10H,11H2,1H3,(H,22,25). The van der Waals surface area contributed by atoms with Crippen molar-refractivity contribution >= 4 is 23.4 Å². The average Bonchev–Trinajstić information content (AvgIpc) is 2.63. The first kappa shape index (κ1) is 18.0. The van der Waals surface area contributed by atoms with Crippen LogP contribution in [0.1, 0.15) is 5.56 Å². The summed E-state index contributed by atoms with van der Waals surface area (Å²) in [6.45, 7) is 2.00. The van der Waals surface area contributed by atoms with Crippen molar-refractivity contribution in [2.75, 3.05) is 11.1 Å². The van der Waals surface area contributed by atoms with E-state index >= 15 is 0 Å². The predicted molar refractivity (Wildman–Crippen MR) is 97.9 cm³/mol. The van der Waals surface area contributed by atoms with Crippen LogP contribution in [0.4, 0.5) is 14.5 Å². The van der Waals surface area contributed by atoms with Crippen molar-refractivity contribution in [1.29, 1.82) is 0 Å². The van der Waals surface area contributed by atoms with E-state index in [4.69, 9.17) is 0 Å². The smallest absolute Gasteiger partial charge is 0.234 e. The SMILES string of the molecule is Cc1ccccc1-c1ccc(SCC(=O)Nc2ccc(F)cc2F)nn1. The Labute approximate surface area is 153 Å². The lowest BCUT2D eigenvalue weighted by atomic mass is 10.1. The molecule has 1 N–H and O–H groups in total. The molecule has 0 radical (unpaired) electrons. The number of carbonyl (C=O) groups excluding carboxylic acids is 1. The first-order valence-electron chi connectivity index (χ1n) is 7.80. The number of nitrogens with one attached hydrogen (secondary N) is 1. The molecule has 0 saturated carbocycles. The lowest BCUT2D eigenvalue weighted by Crippen LogP contribution is -2.15. The van der Waals surface area contributed by atoms with Crippen LogP contribution < -0.4 is 5.32 Å². The molecule has 0 aliphatic carbocycles. The zero-order chi connectivity index (χ0) is 18.5. The number of rotatable bonds is 5. The number of hydrogen-bond donors (Lipinski definition) is 1. The molecule has 3 rings (SSSR count). The molecule has 2 aromatic carbocycles. The summed E-state index contributed by atoms with van der Waals surface area (Å²) >= 11 is 1.18. The first-order valence-corrected chi connectivity index (χ1v) is 8.79. The van der Waals surface area contributed by atoms with Crippen molar-refractivity contribution in [1.82, 2.24) is 10.2 Å². The van der Waals surface area contributed by atoms with E-state index in [0.717, 1.165) is 29.0 Å². The number of hydrogen-bond acceptors (Lipinski definition) is 4. The van der Waals surface area contributed by atoms with Crippen LogP contribution in [0.3, 0.4) is 0 Å². The summed E-state index contributed by atoms with van der Waals surface area (Å²) in [5.41, 5.74) is 2.80.